The van der Waals surface area contributed by atoms with Gasteiger partial charge in [0.25, 0.3) is 0 Å². The van der Waals surface area contributed by atoms with E-state index in [1.165, 1.54) is 70.6 Å². The van der Waals surface area contributed by atoms with Crippen molar-refractivity contribution in [3.63, 3.8) is 0 Å². The highest BCUT2D eigenvalue weighted by atomic mass is 31.2. The van der Waals surface area contributed by atoms with E-state index in [9.17, 15) is 4.57 Å². The molecule has 0 spiro atoms. The molecule has 22 heavy (non-hydrogen) atoms. The first kappa shape index (κ1) is 21.7. The van der Waals surface area contributed by atoms with Crippen molar-refractivity contribution in [2.75, 3.05) is 18.5 Å². The molecule has 0 amide bonds. The number of hydrogen-bond donors (Lipinski definition) is 0. The number of rotatable bonds is 17. The minimum absolute atomic E-state index is 0.678. The highest BCUT2D eigenvalue weighted by Crippen LogP contribution is 2.46. The SMILES string of the molecule is C=CCP(=O)(CC=C)CCCCCCCCCCCCCC. The molecule has 0 heterocycles. The average molecular weight is 327 g/mol. The number of unbranched alkanes of at least 4 members (excludes halogenated alkanes) is 11. The van der Waals surface area contributed by atoms with Gasteiger partial charge in [-0.2, -0.15) is 0 Å². The Labute approximate surface area is 140 Å². The van der Waals surface area contributed by atoms with E-state index in [1.807, 2.05) is 12.2 Å². The molecule has 0 saturated carbocycles. The van der Waals surface area contributed by atoms with Crippen molar-refractivity contribution in [2.24, 2.45) is 0 Å². The van der Waals surface area contributed by atoms with E-state index in [0.717, 1.165) is 12.6 Å². The van der Waals surface area contributed by atoms with E-state index < -0.39 is 7.14 Å². The van der Waals surface area contributed by atoms with Crippen molar-refractivity contribution in [3.8, 4) is 0 Å². The molecule has 0 radical (unpaired) electrons. The Morgan fingerprint density at radius 1 is 0.682 bits per heavy atom. The molecule has 0 aliphatic rings. The summed E-state index contributed by atoms with van der Waals surface area (Å²) in [5, 5.41) is 0. The molecule has 0 aliphatic carbocycles. The van der Waals surface area contributed by atoms with Crippen LogP contribution in [0.2, 0.25) is 0 Å². The van der Waals surface area contributed by atoms with E-state index in [1.54, 1.807) is 0 Å². The summed E-state index contributed by atoms with van der Waals surface area (Å²) in [6, 6.07) is 0. The molecule has 0 unspecified atom stereocenters. The molecule has 0 aliphatic heterocycles. The van der Waals surface area contributed by atoms with Crippen LogP contribution < -0.4 is 0 Å². The van der Waals surface area contributed by atoms with Crippen LogP contribution in [0.3, 0.4) is 0 Å². The van der Waals surface area contributed by atoms with Crippen LogP contribution in [-0.2, 0) is 4.57 Å². The largest absolute Gasteiger partial charge is 0.323 e. The molecule has 0 bridgehead atoms. The quantitative estimate of drug-likeness (QED) is 0.154. The molecule has 0 fully saturated rings. The summed E-state index contributed by atoms with van der Waals surface area (Å²) in [5.41, 5.74) is 0. The fourth-order valence-corrected chi connectivity index (χ4v) is 5.22. The third kappa shape index (κ3) is 13.4. The zero-order valence-electron chi connectivity index (χ0n) is 15.0. The van der Waals surface area contributed by atoms with Crippen molar-refractivity contribution >= 4 is 7.14 Å². The van der Waals surface area contributed by atoms with E-state index in [4.69, 9.17) is 0 Å². The predicted molar refractivity (Wildman–Crippen MR) is 104 cm³/mol. The monoisotopic (exact) mass is 326 g/mol. The van der Waals surface area contributed by atoms with Gasteiger partial charge in [0.05, 0.1) is 7.14 Å². The first-order chi connectivity index (χ1) is 10.7. The highest BCUT2D eigenvalue weighted by molar-refractivity contribution is 7.64. The second-order valence-corrected chi connectivity index (χ2v) is 9.91. The highest BCUT2D eigenvalue weighted by Gasteiger charge is 2.17. The van der Waals surface area contributed by atoms with E-state index in [-0.39, 0.29) is 0 Å². The summed E-state index contributed by atoms with van der Waals surface area (Å²) in [6.45, 7) is 9.73. The molecule has 0 aromatic rings. The lowest BCUT2D eigenvalue weighted by Gasteiger charge is -2.14. The van der Waals surface area contributed by atoms with Crippen LogP contribution in [0.15, 0.2) is 25.3 Å². The maximum atomic E-state index is 12.6. The van der Waals surface area contributed by atoms with Crippen LogP contribution in [-0.4, -0.2) is 18.5 Å². The van der Waals surface area contributed by atoms with Crippen LogP contribution in [0.4, 0.5) is 0 Å². The molecule has 0 aromatic heterocycles. The van der Waals surface area contributed by atoms with Gasteiger partial charge in [0, 0.05) is 18.5 Å². The van der Waals surface area contributed by atoms with Gasteiger partial charge in [-0.3, -0.25) is 0 Å². The molecular weight excluding hydrogens is 287 g/mol. The van der Waals surface area contributed by atoms with Crippen LogP contribution in [0.1, 0.15) is 84.0 Å². The van der Waals surface area contributed by atoms with Crippen molar-refractivity contribution in [2.45, 2.75) is 84.0 Å². The maximum absolute atomic E-state index is 12.6. The molecule has 2 heteroatoms. The first-order valence-electron chi connectivity index (χ1n) is 9.47. The van der Waals surface area contributed by atoms with Crippen LogP contribution in [0.5, 0.6) is 0 Å². The minimum atomic E-state index is -2.04. The molecule has 0 rings (SSSR count). The Hall–Kier alpha value is -0.290. The minimum Gasteiger partial charge on any atom is -0.323 e. The van der Waals surface area contributed by atoms with E-state index in [0.29, 0.717) is 12.3 Å². The third-order valence-electron chi connectivity index (χ3n) is 4.34. The van der Waals surface area contributed by atoms with Gasteiger partial charge in [0.1, 0.15) is 0 Å². The summed E-state index contributed by atoms with van der Waals surface area (Å²) in [6.07, 6.45) is 22.1. The predicted octanol–water partition coefficient (Wildman–Crippen LogP) is 7.42. The Morgan fingerprint density at radius 2 is 1.05 bits per heavy atom. The molecular formula is C20H39OP. The van der Waals surface area contributed by atoms with Crippen molar-refractivity contribution in [1.82, 2.24) is 0 Å². The zero-order chi connectivity index (χ0) is 16.5. The fraction of sp³-hybridized carbons (Fsp3) is 0.800. The summed E-state index contributed by atoms with van der Waals surface area (Å²) in [4.78, 5) is 0. The van der Waals surface area contributed by atoms with E-state index in [2.05, 4.69) is 20.1 Å². The summed E-state index contributed by atoms with van der Waals surface area (Å²) in [5.74, 6) is 0. The van der Waals surface area contributed by atoms with Crippen LogP contribution >= 0.6 is 7.14 Å². The Morgan fingerprint density at radius 3 is 1.41 bits per heavy atom. The van der Waals surface area contributed by atoms with Gasteiger partial charge in [-0.25, -0.2) is 0 Å². The lowest BCUT2D eigenvalue weighted by molar-refractivity contribution is 0.545. The van der Waals surface area contributed by atoms with Gasteiger partial charge in [0.15, 0.2) is 0 Å². The third-order valence-corrected chi connectivity index (χ3v) is 7.32. The van der Waals surface area contributed by atoms with Crippen LogP contribution in [0.25, 0.3) is 0 Å². The van der Waals surface area contributed by atoms with Gasteiger partial charge in [-0.1, -0.05) is 89.7 Å². The standard InChI is InChI=1S/C20H39OP/c1-4-7-8-9-10-11-12-13-14-15-16-17-20-22(21,18-5-2)19-6-3/h5-6H,2-4,7-20H2,1H3. The van der Waals surface area contributed by atoms with Gasteiger partial charge < -0.3 is 4.57 Å². The molecule has 130 valence electrons. The number of hydrogen-bond acceptors (Lipinski definition) is 1. The molecule has 1 nitrogen and oxygen atoms in total. The van der Waals surface area contributed by atoms with Gasteiger partial charge in [-0.05, 0) is 6.42 Å². The van der Waals surface area contributed by atoms with Gasteiger partial charge in [0.2, 0.25) is 0 Å². The maximum Gasteiger partial charge on any atom is 0.0948 e. The normalized spacial score (nSPS) is 11.5. The average Bonchev–Trinajstić information content (AvgIpc) is 2.49. The summed E-state index contributed by atoms with van der Waals surface area (Å²) in [7, 11) is -2.04. The Kier molecular flexibility index (Phi) is 15.4. The lowest BCUT2D eigenvalue weighted by Crippen LogP contribution is -1.97. The first-order valence-corrected chi connectivity index (χ1v) is 11.7. The fourth-order valence-electron chi connectivity index (χ4n) is 2.97. The summed E-state index contributed by atoms with van der Waals surface area (Å²) < 4.78 is 12.6. The molecule has 0 atom stereocenters. The van der Waals surface area contributed by atoms with E-state index >= 15 is 0 Å². The molecule has 0 N–H and O–H groups in total. The smallest absolute Gasteiger partial charge is 0.0948 e. The topological polar surface area (TPSA) is 17.1 Å². The molecule has 0 saturated heterocycles. The van der Waals surface area contributed by atoms with Crippen LogP contribution in [0, 0.1) is 0 Å². The second kappa shape index (κ2) is 15.6. The molecule has 0 aromatic carbocycles. The van der Waals surface area contributed by atoms with Gasteiger partial charge >= 0.3 is 0 Å². The van der Waals surface area contributed by atoms with Crippen molar-refractivity contribution in [3.05, 3.63) is 25.3 Å². The van der Waals surface area contributed by atoms with Crippen molar-refractivity contribution in [1.29, 1.82) is 0 Å². The lowest BCUT2D eigenvalue weighted by atomic mass is 10.1. The van der Waals surface area contributed by atoms with Gasteiger partial charge in [-0.15, -0.1) is 13.2 Å². The van der Waals surface area contributed by atoms with Crippen molar-refractivity contribution < 1.29 is 4.57 Å². The Balaban J connectivity index is 3.40. The summed E-state index contributed by atoms with van der Waals surface area (Å²) >= 11 is 0. The number of allylic oxidation sites excluding steroid dienone is 2. The zero-order valence-corrected chi connectivity index (χ0v) is 15.9. The Bertz CT molecular complexity index is 295. The second-order valence-electron chi connectivity index (χ2n) is 6.61.